The van der Waals surface area contributed by atoms with Crippen LogP contribution in [0.3, 0.4) is 0 Å². The highest BCUT2D eigenvalue weighted by Crippen LogP contribution is 2.32. The molecule has 0 saturated heterocycles. The summed E-state index contributed by atoms with van der Waals surface area (Å²) in [5.41, 5.74) is 3.56. The molecule has 0 heterocycles. The van der Waals surface area contributed by atoms with Gasteiger partial charge in [-0.3, -0.25) is 0 Å². The monoisotopic (exact) mass is 266 g/mol. The summed E-state index contributed by atoms with van der Waals surface area (Å²) in [5.74, 6) is -0.470. The summed E-state index contributed by atoms with van der Waals surface area (Å²) in [7, 11) is 0. The van der Waals surface area contributed by atoms with E-state index in [4.69, 9.17) is 5.26 Å². The third-order valence-electron chi connectivity index (χ3n) is 3.80. The third-order valence-corrected chi connectivity index (χ3v) is 3.80. The molecule has 3 rings (SSSR count). The Morgan fingerprint density at radius 1 is 1.20 bits per heavy atom. The first-order valence-corrected chi connectivity index (χ1v) is 6.82. The quantitative estimate of drug-likeness (QED) is 0.884. The van der Waals surface area contributed by atoms with Crippen molar-refractivity contribution in [2.24, 2.45) is 0 Å². The first kappa shape index (κ1) is 12.7. The zero-order chi connectivity index (χ0) is 13.9. The fourth-order valence-corrected chi connectivity index (χ4v) is 2.81. The Balaban J connectivity index is 1.88. The zero-order valence-corrected chi connectivity index (χ0v) is 11.1. The third kappa shape index (κ3) is 2.37. The van der Waals surface area contributed by atoms with E-state index in [1.165, 1.54) is 17.2 Å². The van der Waals surface area contributed by atoms with Gasteiger partial charge in [-0.2, -0.15) is 5.26 Å². The van der Waals surface area contributed by atoms with Gasteiger partial charge in [0.25, 0.3) is 0 Å². The zero-order valence-electron chi connectivity index (χ0n) is 11.1. The van der Waals surface area contributed by atoms with Gasteiger partial charge >= 0.3 is 0 Å². The largest absolute Gasteiger partial charge is 0.378 e. The summed E-state index contributed by atoms with van der Waals surface area (Å²) in [6.45, 7) is 0. The van der Waals surface area contributed by atoms with Crippen LogP contribution in [0.4, 0.5) is 10.1 Å². The van der Waals surface area contributed by atoms with Crippen LogP contribution in [0.15, 0.2) is 42.5 Å². The standard InChI is InChI=1S/C17H15FN2/c18-16-9-8-14(10-13(16)11-19)20-17-7-3-5-12-4-1-2-6-15(12)17/h1-2,4,6,8-10,17,20H,3,5,7H2. The summed E-state index contributed by atoms with van der Waals surface area (Å²) >= 11 is 0. The lowest BCUT2D eigenvalue weighted by Gasteiger charge is -2.27. The fraction of sp³-hybridized carbons (Fsp3) is 0.235. The van der Waals surface area contributed by atoms with Crippen LogP contribution in [0.5, 0.6) is 0 Å². The van der Waals surface area contributed by atoms with Crippen molar-refractivity contribution in [1.29, 1.82) is 5.26 Å². The number of hydrogen-bond acceptors (Lipinski definition) is 2. The van der Waals surface area contributed by atoms with Gasteiger partial charge in [0.05, 0.1) is 11.6 Å². The number of nitriles is 1. The van der Waals surface area contributed by atoms with Crippen molar-refractivity contribution in [3.63, 3.8) is 0 Å². The van der Waals surface area contributed by atoms with E-state index in [0.29, 0.717) is 0 Å². The van der Waals surface area contributed by atoms with Crippen LogP contribution in [0.2, 0.25) is 0 Å². The Hall–Kier alpha value is -2.34. The number of halogens is 1. The number of aryl methyl sites for hydroxylation is 1. The summed E-state index contributed by atoms with van der Waals surface area (Å²) in [5, 5.41) is 12.3. The highest BCUT2D eigenvalue weighted by Gasteiger charge is 2.19. The van der Waals surface area contributed by atoms with Gasteiger partial charge < -0.3 is 5.32 Å². The molecule has 2 aromatic carbocycles. The van der Waals surface area contributed by atoms with Crippen LogP contribution < -0.4 is 5.32 Å². The number of benzene rings is 2. The van der Waals surface area contributed by atoms with E-state index >= 15 is 0 Å². The Labute approximate surface area is 117 Å². The topological polar surface area (TPSA) is 35.8 Å². The first-order valence-electron chi connectivity index (χ1n) is 6.82. The molecular weight excluding hydrogens is 251 g/mol. The normalized spacial score (nSPS) is 17.1. The molecule has 20 heavy (non-hydrogen) atoms. The summed E-state index contributed by atoms with van der Waals surface area (Å²) in [4.78, 5) is 0. The Bertz CT molecular complexity index is 673. The smallest absolute Gasteiger partial charge is 0.141 e. The SMILES string of the molecule is N#Cc1cc(NC2CCCc3ccccc32)ccc1F. The number of fused-ring (bicyclic) bond motifs is 1. The molecule has 1 aliphatic rings. The molecule has 1 aliphatic carbocycles. The van der Waals surface area contributed by atoms with Crippen molar-refractivity contribution >= 4 is 5.69 Å². The van der Waals surface area contributed by atoms with Crippen molar-refractivity contribution in [2.75, 3.05) is 5.32 Å². The minimum atomic E-state index is -0.470. The van der Waals surface area contributed by atoms with E-state index in [2.05, 4.69) is 23.5 Å². The van der Waals surface area contributed by atoms with Gasteiger partial charge in [-0.15, -0.1) is 0 Å². The maximum atomic E-state index is 13.3. The van der Waals surface area contributed by atoms with Gasteiger partial charge in [-0.05, 0) is 48.6 Å². The lowest BCUT2D eigenvalue weighted by molar-refractivity contribution is 0.599. The minimum Gasteiger partial charge on any atom is -0.378 e. The average molecular weight is 266 g/mol. The molecule has 0 radical (unpaired) electrons. The summed E-state index contributed by atoms with van der Waals surface area (Å²) in [6, 6.07) is 15.1. The van der Waals surface area contributed by atoms with Crippen molar-refractivity contribution in [3.8, 4) is 6.07 Å². The van der Waals surface area contributed by atoms with Crippen molar-refractivity contribution in [2.45, 2.75) is 25.3 Å². The Morgan fingerprint density at radius 3 is 2.90 bits per heavy atom. The molecule has 0 spiro atoms. The molecule has 0 aliphatic heterocycles. The molecule has 1 unspecified atom stereocenters. The molecular formula is C17H15FN2. The van der Waals surface area contributed by atoms with Crippen LogP contribution in [0.25, 0.3) is 0 Å². The number of anilines is 1. The predicted octanol–water partition coefficient (Wildman–Crippen LogP) is 4.19. The second-order valence-corrected chi connectivity index (χ2v) is 5.09. The first-order chi connectivity index (χ1) is 9.78. The number of rotatable bonds is 2. The van der Waals surface area contributed by atoms with Crippen LogP contribution in [0.1, 0.15) is 35.6 Å². The van der Waals surface area contributed by atoms with Gasteiger partial charge in [-0.25, -0.2) is 4.39 Å². The molecule has 1 atom stereocenters. The Kier molecular flexibility index (Phi) is 3.39. The van der Waals surface area contributed by atoms with Gasteiger partial charge in [0.15, 0.2) is 0 Å². The second-order valence-electron chi connectivity index (χ2n) is 5.09. The van der Waals surface area contributed by atoms with E-state index in [-0.39, 0.29) is 11.6 Å². The van der Waals surface area contributed by atoms with Crippen LogP contribution in [-0.2, 0) is 6.42 Å². The highest BCUT2D eigenvalue weighted by atomic mass is 19.1. The number of hydrogen-bond donors (Lipinski definition) is 1. The molecule has 0 saturated carbocycles. The molecule has 2 aromatic rings. The molecule has 0 bridgehead atoms. The summed E-state index contributed by atoms with van der Waals surface area (Å²) < 4.78 is 13.3. The van der Waals surface area contributed by atoms with Gasteiger partial charge in [0.2, 0.25) is 0 Å². The van der Waals surface area contributed by atoms with Gasteiger partial charge in [0.1, 0.15) is 11.9 Å². The lowest BCUT2D eigenvalue weighted by Crippen LogP contribution is -2.17. The fourth-order valence-electron chi connectivity index (χ4n) is 2.81. The molecule has 2 nitrogen and oxygen atoms in total. The molecule has 0 amide bonds. The van der Waals surface area contributed by atoms with Gasteiger partial charge in [-0.1, -0.05) is 24.3 Å². The molecule has 100 valence electrons. The van der Waals surface area contributed by atoms with Crippen LogP contribution in [0, 0.1) is 17.1 Å². The van der Waals surface area contributed by atoms with Crippen molar-refractivity contribution in [3.05, 3.63) is 65.0 Å². The lowest BCUT2D eigenvalue weighted by atomic mass is 9.87. The van der Waals surface area contributed by atoms with E-state index in [1.54, 1.807) is 12.1 Å². The predicted molar refractivity (Wildman–Crippen MR) is 76.9 cm³/mol. The van der Waals surface area contributed by atoms with Crippen LogP contribution >= 0.6 is 0 Å². The summed E-state index contributed by atoms with van der Waals surface area (Å²) in [6.07, 6.45) is 3.30. The van der Waals surface area contributed by atoms with Crippen molar-refractivity contribution in [1.82, 2.24) is 0 Å². The maximum Gasteiger partial charge on any atom is 0.141 e. The number of nitrogens with zero attached hydrogens (tertiary/aromatic N) is 1. The molecule has 0 fully saturated rings. The van der Waals surface area contributed by atoms with E-state index in [9.17, 15) is 4.39 Å². The maximum absolute atomic E-state index is 13.3. The van der Waals surface area contributed by atoms with E-state index < -0.39 is 5.82 Å². The van der Waals surface area contributed by atoms with E-state index in [0.717, 1.165) is 24.9 Å². The molecule has 0 aromatic heterocycles. The molecule has 3 heteroatoms. The number of nitrogens with one attached hydrogen (secondary N) is 1. The van der Waals surface area contributed by atoms with Gasteiger partial charge in [0, 0.05) is 5.69 Å². The second kappa shape index (κ2) is 5.34. The average Bonchev–Trinajstić information content (AvgIpc) is 2.49. The van der Waals surface area contributed by atoms with E-state index in [1.807, 2.05) is 12.1 Å². The van der Waals surface area contributed by atoms with Crippen molar-refractivity contribution < 1.29 is 4.39 Å². The van der Waals surface area contributed by atoms with Crippen LogP contribution in [-0.4, -0.2) is 0 Å². The minimum absolute atomic E-state index is 0.0825. The molecule has 1 N–H and O–H groups in total. The highest BCUT2D eigenvalue weighted by molar-refractivity contribution is 5.52. The Morgan fingerprint density at radius 2 is 2.05 bits per heavy atom.